The summed E-state index contributed by atoms with van der Waals surface area (Å²) >= 11 is 0. The molecular formula is C24H25N3O6. The van der Waals surface area contributed by atoms with Crippen LogP contribution in [-0.2, 0) is 17.6 Å². The molecule has 1 aromatic heterocycles. The third-order valence-electron chi connectivity index (χ3n) is 5.99. The predicted octanol–water partition coefficient (Wildman–Crippen LogP) is 5.01. The van der Waals surface area contributed by atoms with Crippen molar-refractivity contribution >= 4 is 28.7 Å². The minimum absolute atomic E-state index is 0.00748. The van der Waals surface area contributed by atoms with Crippen LogP contribution in [0.1, 0.15) is 67.8 Å². The zero-order valence-corrected chi connectivity index (χ0v) is 18.6. The first kappa shape index (κ1) is 22.6. The van der Waals surface area contributed by atoms with Crippen molar-refractivity contribution in [3.8, 4) is 0 Å². The number of aryl methyl sites for hydroxylation is 1. The Morgan fingerprint density at radius 2 is 1.91 bits per heavy atom. The van der Waals surface area contributed by atoms with Gasteiger partial charge in [0.15, 0.2) is 11.6 Å². The number of carbonyl (C=O) groups excluding carboxylic acids is 2. The van der Waals surface area contributed by atoms with Crippen LogP contribution >= 0.6 is 0 Å². The molecule has 0 radical (unpaired) electrons. The van der Waals surface area contributed by atoms with Crippen molar-refractivity contribution in [2.75, 3.05) is 0 Å². The maximum Gasteiger partial charge on any atom is 0.269 e. The van der Waals surface area contributed by atoms with Crippen LogP contribution in [0, 0.1) is 15.5 Å². The molecule has 0 fully saturated rings. The fraction of sp³-hybridized carbons (Fsp3) is 0.417. The van der Waals surface area contributed by atoms with Gasteiger partial charge in [-0.1, -0.05) is 19.0 Å². The summed E-state index contributed by atoms with van der Waals surface area (Å²) < 4.78 is 5.46. The zero-order chi connectivity index (χ0) is 23.8. The highest BCUT2D eigenvalue weighted by atomic mass is 16.6. The first-order valence-electron chi connectivity index (χ1n) is 10.9. The first-order chi connectivity index (χ1) is 15.6. The maximum absolute atomic E-state index is 12.7. The summed E-state index contributed by atoms with van der Waals surface area (Å²) in [6.45, 7) is 4.02. The molecule has 4 rings (SSSR count). The van der Waals surface area contributed by atoms with Gasteiger partial charge >= 0.3 is 0 Å². The summed E-state index contributed by atoms with van der Waals surface area (Å²) in [6, 6.07) is 5.66. The molecular weight excluding hydrogens is 426 g/mol. The van der Waals surface area contributed by atoms with Gasteiger partial charge < -0.3 is 9.63 Å². The second-order valence-electron chi connectivity index (χ2n) is 9.30. The van der Waals surface area contributed by atoms with E-state index in [4.69, 9.17) is 4.52 Å². The van der Waals surface area contributed by atoms with E-state index < -0.39 is 4.92 Å². The highest BCUT2D eigenvalue weighted by molar-refractivity contribution is 6.23. The number of aliphatic hydroxyl groups excluding tert-OH is 1. The van der Waals surface area contributed by atoms with Crippen LogP contribution in [-0.4, -0.2) is 32.5 Å². The molecule has 9 heteroatoms. The summed E-state index contributed by atoms with van der Waals surface area (Å²) in [4.78, 5) is 40.3. The maximum atomic E-state index is 12.7. The number of rotatable bonds is 6. The van der Waals surface area contributed by atoms with Crippen molar-refractivity contribution in [1.82, 2.24) is 5.16 Å². The van der Waals surface area contributed by atoms with Gasteiger partial charge in [-0.3, -0.25) is 24.7 Å². The van der Waals surface area contributed by atoms with Crippen molar-refractivity contribution < 1.29 is 24.1 Å². The minimum atomic E-state index is -0.501. The number of benzene rings is 1. The average Bonchev–Trinajstić information content (AvgIpc) is 3.14. The van der Waals surface area contributed by atoms with Gasteiger partial charge in [-0.05, 0) is 36.8 Å². The number of nitrogens with zero attached hydrogens (tertiary/aromatic N) is 3. The van der Waals surface area contributed by atoms with Crippen LogP contribution in [0.5, 0.6) is 0 Å². The molecule has 2 aliphatic rings. The summed E-state index contributed by atoms with van der Waals surface area (Å²) in [7, 11) is 0. The average molecular weight is 451 g/mol. The molecule has 0 bridgehead atoms. The number of aliphatic imine (C=N–C) groups is 1. The molecule has 0 atom stereocenters. The number of allylic oxidation sites excluding steroid dienone is 2. The van der Waals surface area contributed by atoms with E-state index >= 15 is 0 Å². The number of nitro benzene ring substituents is 1. The number of aromatic nitrogens is 1. The van der Waals surface area contributed by atoms with Crippen molar-refractivity contribution in [3.05, 3.63) is 62.7 Å². The number of hydrogen-bond acceptors (Lipinski definition) is 8. The Morgan fingerprint density at radius 1 is 1.18 bits per heavy atom. The molecule has 1 aromatic carbocycles. The third-order valence-corrected chi connectivity index (χ3v) is 5.99. The Kier molecular flexibility index (Phi) is 5.97. The second kappa shape index (κ2) is 8.73. The van der Waals surface area contributed by atoms with E-state index in [9.17, 15) is 24.8 Å². The monoisotopic (exact) mass is 451 g/mol. The van der Waals surface area contributed by atoms with E-state index in [-0.39, 0.29) is 40.4 Å². The van der Waals surface area contributed by atoms with Gasteiger partial charge in [-0.25, -0.2) is 0 Å². The zero-order valence-electron chi connectivity index (χ0n) is 18.6. The molecule has 0 aliphatic heterocycles. The molecule has 0 spiro atoms. The van der Waals surface area contributed by atoms with Crippen LogP contribution in [0.25, 0.3) is 0 Å². The van der Waals surface area contributed by atoms with E-state index in [0.717, 1.165) is 0 Å². The van der Waals surface area contributed by atoms with Crippen LogP contribution in [0.3, 0.4) is 0 Å². The largest absolute Gasteiger partial charge is 0.511 e. The molecule has 2 aliphatic carbocycles. The molecule has 1 heterocycles. The number of non-ortho nitro benzene ring substituents is 1. The second-order valence-corrected chi connectivity index (χ2v) is 9.30. The Labute approximate surface area is 190 Å². The summed E-state index contributed by atoms with van der Waals surface area (Å²) in [5.41, 5.74) is 1.75. The number of hydrogen-bond donors (Lipinski definition) is 1. The van der Waals surface area contributed by atoms with Crippen LogP contribution in [0.4, 0.5) is 11.4 Å². The van der Waals surface area contributed by atoms with Gasteiger partial charge in [-0.15, -0.1) is 0 Å². The summed E-state index contributed by atoms with van der Waals surface area (Å²) in [6.07, 6.45) is 2.84. The fourth-order valence-electron chi connectivity index (χ4n) is 4.42. The van der Waals surface area contributed by atoms with Crippen LogP contribution < -0.4 is 0 Å². The Hall–Kier alpha value is -3.62. The van der Waals surface area contributed by atoms with Gasteiger partial charge in [0.1, 0.15) is 11.5 Å². The smallest absolute Gasteiger partial charge is 0.269 e. The molecule has 9 nitrogen and oxygen atoms in total. The first-order valence-corrected chi connectivity index (χ1v) is 10.9. The van der Waals surface area contributed by atoms with Gasteiger partial charge in [0.05, 0.1) is 33.2 Å². The normalized spacial score (nSPS) is 18.4. The molecule has 0 unspecified atom stereocenters. The number of Topliss-reactive ketones (excluding diaryl/α,β-unsaturated/α-hetero) is 2. The van der Waals surface area contributed by atoms with Crippen molar-refractivity contribution in [3.63, 3.8) is 0 Å². The van der Waals surface area contributed by atoms with E-state index in [2.05, 4.69) is 10.1 Å². The molecule has 0 amide bonds. The number of aliphatic hydroxyl groups is 1. The Morgan fingerprint density at radius 3 is 2.58 bits per heavy atom. The van der Waals surface area contributed by atoms with Crippen molar-refractivity contribution in [2.24, 2.45) is 10.4 Å². The lowest BCUT2D eigenvalue weighted by Gasteiger charge is -2.26. The minimum Gasteiger partial charge on any atom is -0.511 e. The van der Waals surface area contributed by atoms with E-state index in [0.29, 0.717) is 66.9 Å². The summed E-state index contributed by atoms with van der Waals surface area (Å²) in [5, 5.41) is 25.5. The molecule has 2 aromatic rings. The number of carbonyl (C=O) groups is 2. The number of ketones is 2. The van der Waals surface area contributed by atoms with Crippen LogP contribution in [0.15, 0.2) is 45.1 Å². The lowest BCUT2D eigenvalue weighted by atomic mass is 9.76. The Bertz CT molecular complexity index is 1190. The van der Waals surface area contributed by atoms with E-state index in [1.165, 1.54) is 24.3 Å². The quantitative estimate of drug-likeness (QED) is 0.370. The molecule has 1 N–H and O–H groups in total. The predicted molar refractivity (Wildman–Crippen MR) is 120 cm³/mol. The highest BCUT2D eigenvalue weighted by Gasteiger charge is 2.36. The molecule has 0 saturated carbocycles. The highest BCUT2D eigenvalue weighted by Crippen LogP contribution is 2.36. The van der Waals surface area contributed by atoms with Gasteiger partial charge in [-0.2, -0.15) is 0 Å². The van der Waals surface area contributed by atoms with Crippen LogP contribution in [0.2, 0.25) is 0 Å². The topological polar surface area (TPSA) is 136 Å². The van der Waals surface area contributed by atoms with Gasteiger partial charge in [0.25, 0.3) is 5.69 Å². The number of nitro groups is 1. The number of fused-ring (bicyclic) bond motifs is 1. The van der Waals surface area contributed by atoms with Crippen molar-refractivity contribution in [2.45, 2.75) is 58.8 Å². The third kappa shape index (κ3) is 4.76. The fourth-order valence-corrected chi connectivity index (χ4v) is 4.42. The lowest BCUT2D eigenvalue weighted by molar-refractivity contribution is -0.384. The molecule has 33 heavy (non-hydrogen) atoms. The van der Waals surface area contributed by atoms with E-state index in [1.54, 1.807) is 0 Å². The van der Waals surface area contributed by atoms with Gasteiger partial charge in [0.2, 0.25) is 0 Å². The lowest BCUT2D eigenvalue weighted by Crippen LogP contribution is -2.26. The van der Waals surface area contributed by atoms with E-state index in [1.807, 2.05) is 13.8 Å². The SMILES string of the molecule is CC1(C)CC(=O)c2c(CCC(=Nc3ccc([N+](=O)[O-])cc3)C3=C(O)CCCC3=O)noc2C1. The standard InChI is InChI=1S/C24H25N3O6/c1-24(2)12-20(30)23-17(26-33-21(23)13-24)11-10-16(22-18(28)4-3-5-19(22)29)25-14-6-8-15(9-7-14)27(31)32/h6-9,28H,3-5,10-13H2,1-2H3. The summed E-state index contributed by atoms with van der Waals surface area (Å²) in [5.74, 6) is 0.365. The molecule has 172 valence electrons. The Balaban J connectivity index is 1.66. The van der Waals surface area contributed by atoms with Crippen molar-refractivity contribution in [1.29, 1.82) is 0 Å². The molecule has 0 saturated heterocycles. The van der Waals surface area contributed by atoms with Gasteiger partial charge in [0, 0.05) is 37.8 Å².